The number of nitrogens with two attached hydrogens (primary N) is 1. The number of benzene rings is 1. The molecule has 1 aromatic carbocycles. The summed E-state index contributed by atoms with van der Waals surface area (Å²) in [5, 5.41) is 11.8. The molecule has 0 aliphatic rings. The zero-order valence-electron chi connectivity index (χ0n) is 9.34. The quantitative estimate of drug-likeness (QED) is 0.757. The van der Waals surface area contributed by atoms with E-state index in [2.05, 4.69) is 5.32 Å². The Morgan fingerprint density at radius 2 is 2.29 bits per heavy atom. The molecular formula is C11H14ClFN2O2. The van der Waals surface area contributed by atoms with Crippen LogP contribution in [0.5, 0.6) is 0 Å². The lowest BCUT2D eigenvalue weighted by molar-refractivity contribution is -0.138. The molecule has 6 heteroatoms. The summed E-state index contributed by atoms with van der Waals surface area (Å²) in [5.41, 5.74) is 6.22. The summed E-state index contributed by atoms with van der Waals surface area (Å²) in [5.74, 6) is -1.42. The Hall–Kier alpha value is -1.33. The minimum atomic E-state index is -1.06. The fraction of sp³-hybridized carbons (Fsp3) is 0.364. The van der Waals surface area contributed by atoms with Crippen LogP contribution in [0.15, 0.2) is 12.1 Å². The van der Waals surface area contributed by atoms with Crippen molar-refractivity contribution >= 4 is 23.3 Å². The Morgan fingerprint density at radius 1 is 1.65 bits per heavy atom. The molecule has 0 saturated heterocycles. The van der Waals surface area contributed by atoms with Crippen molar-refractivity contribution in [1.29, 1.82) is 0 Å². The number of carboxylic acid groups (broad SMARTS) is 1. The molecule has 0 aliphatic heterocycles. The van der Waals surface area contributed by atoms with Crippen molar-refractivity contribution in [3.8, 4) is 0 Å². The summed E-state index contributed by atoms with van der Waals surface area (Å²) < 4.78 is 13.3. The largest absolute Gasteiger partial charge is 0.480 e. The second kappa shape index (κ2) is 5.84. The highest BCUT2D eigenvalue weighted by Gasteiger charge is 2.11. The SMILES string of the molecule is Cc1cc(Cl)c(NCCC(N)C(=O)O)cc1F. The molecule has 0 amide bonds. The lowest BCUT2D eigenvalue weighted by atomic mass is 10.2. The Bertz CT molecular complexity index is 426. The molecule has 94 valence electrons. The number of nitrogens with one attached hydrogen (secondary N) is 1. The van der Waals surface area contributed by atoms with Crippen LogP contribution in [0.1, 0.15) is 12.0 Å². The predicted octanol–water partition coefficient (Wildman–Crippen LogP) is 2.00. The lowest BCUT2D eigenvalue weighted by Crippen LogP contribution is -2.32. The van der Waals surface area contributed by atoms with E-state index in [0.29, 0.717) is 22.8 Å². The standard InChI is InChI=1S/C11H14ClFN2O2/c1-6-4-7(12)10(5-8(6)13)15-3-2-9(14)11(16)17/h4-5,9,15H,2-3,14H2,1H3,(H,16,17). The first-order chi connectivity index (χ1) is 7.91. The summed E-state index contributed by atoms with van der Waals surface area (Å²) in [6, 6.07) is 1.86. The van der Waals surface area contributed by atoms with Crippen LogP contribution < -0.4 is 11.1 Å². The molecule has 0 heterocycles. The van der Waals surface area contributed by atoms with Gasteiger partial charge in [-0.05, 0) is 31.0 Å². The summed E-state index contributed by atoms with van der Waals surface area (Å²) >= 11 is 5.90. The molecule has 0 fully saturated rings. The van der Waals surface area contributed by atoms with Gasteiger partial charge in [0.1, 0.15) is 11.9 Å². The Morgan fingerprint density at radius 3 is 2.88 bits per heavy atom. The van der Waals surface area contributed by atoms with Crippen LogP contribution in [0.25, 0.3) is 0 Å². The second-order valence-electron chi connectivity index (χ2n) is 3.74. The first-order valence-corrected chi connectivity index (χ1v) is 5.47. The number of halogens is 2. The summed E-state index contributed by atoms with van der Waals surface area (Å²) in [4.78, 5) is 10.5. The van der Waals surface area contributed by atoms with Crippen LogP contribution in [0.3, 0.4) is 0 Å². The van der Waals surface area contributed by atoms with Crippen LogP contribution in [0.4, 0.5) is 10.1 Å². The highest BCUT2D eigenvalue weighted by Crippen LogP contribution is 2.25. The molecule has 4 nitrogen and oxygen atoms in total. The summed E-state index contributed by atoms with van der Waals surface area (Å²) in [7, 11) is 0. The normalized spacial score (nSPS) is 12.2. The van der Waals surface area contributed by atoms with E-state index in [0.717, 1.165) is 0 Å². The van der Waals surface area contributed by atoms with E-state index in [4.69, 9.17) is 22.4 Å². The van der Waals surface area contributed by atoms with E-state index in [1.54, 1.807) is 6.92 Å². The van der Waals surface area contributed by atoms with Gasteiger partial charge in [-0.3, -0.25) is 4.79 Å². The zero-order chi connectivity index (χ0) is 13.0. The Labute approximate surface area is 104 Å². The van der Waals surface area contributed by atoms with E-state index in [1.807, 2.05) is 0 Å². The van der Waals surface area contributed by atoms with Crippen molar-refractivity contribution in [2.75, 3.05) is 11.9 Å². The topological polar surface area (TPSA) is 75.3 Å². The number of carboxylic acids is 1. The molecule has 4 N–H and O–H groups in total. The van der Waals surface area contributed by atoms with Crippen molar-refractivity contribution in [2.45, 2.75) is 19.4 Å². The molecule has 17 heavy (non-hydrogen) atoms. The van der Waals surface area contributed by atoms with Crippen molar-refractivity contribution in [3.05, 3.63) is 28.5 Å². The Kier molecular flexibility index (Phi) is 4.72. The maximum Gasteiger partial charge on any atom is 0.320 e. The van der Waals surface area contributed by atoms with Gasteiger partial charge in [0.05, 0.1) is 10.7 Å². The first-order valence-electron chi connectivity index (χ1n) is 5.09. The highest BCUT2D eigenvalue weighted by atomic mass is 35.5. The van der Waals surface area contributed by atoms with Crippen molar-refractivity contribution in [1.82, 2.24) is 0 Å². The average molecular weight is 261 g/mol. The van der Waals surface area contributed by atoms with Crippen LogP contribution in [-0.2, 0) is 4.79 Å². The van der Waals surface area contributed by atoms with Gasteiger partial charge in [-0.2, -0.15) is 0 Å². The third kappa shape index (κ3) is 3.87. The van der Waals surface area contributed by atoms with Crippen LogP contribution in [-0.4, -0.2) is 23.7 Å². The molecule has 1 rings (SSSR count). The monoisotopic (exact) mass is 260 g/mol. The maximum absolute atomic E-state index is 13.3. The molecule has 0 aromatic heterocycles. The summed E-state index contributed by atoms with van der Waals surface area (Å²) in [6.07, 6.45) is 0.237. The number of rotatable bonds is 5. The van der Waals surface area contributed by atoms with Crippen molar-refractivity contribution in [2.24, 2.45) is 5.73 Å². The van der Waals surface area contributed by atoms with Crippen molar-refractivity contribution in [3.63, 3.8) is 0 Å². The molecule has 0 bridgehead atoms. The van der Waals surface area contributed by atoms with Gasteiger partial charge in [0.15, 0.2) is 0 Å². The van der Waals surface area contributed by atoms with Gasteiger partial charge < -0.3 is 16.2 Å². The van der Waals surface area contributed by atoms with E-state index in [9.17, 15) is 9.18 Å². The molecule has 0 radical (unpaired) electrons. The number of hydrogen-bond acceptors (Lipinski definition) is 3. The number of anilines is 1. The van der Waals surface area contributed by atoms with Gasteiger partial charge in [0, 0.05) is 6.54 Å². The number of aliphatic carboxylic acids is 1. The summed E-state index contributed by atoms with van der Waals surface area (Å²) in [6.45, 7) is 1.93. The fourth-order valence-electron chi connectivity index (χ4n) is 1.27. The van der Waals surface area contributed by atoms with Gasteiger partial charge in [-0.15, -0.1) is 0 Å². The molecule has 0 saturated carbocycles. The van der Waals surface area contributed by atoms with Crippen LogP contribution in [0, 0.1) is 12.7 Å². The fourth-order valence-corrected chi connectivity index (χ4v) is 1.55. The van der Waals surface area contributed by atoms with Crippen LogP contribution >= 0.6 is 11.6 Å². The highest BCUT2D eigenvalue weighted by molar-refractivity contribution is 6.33. The van der Waals surface area contributed by atoms with E-state index in [1.165, 1.54) is 12.1 Å². The molecule has 1 unspecified atom stereocenters. The smallest absolute Gasteiger partial charge is 0.320 e. The van der Waals surface area contributed by atoms with E-state index >= 15 is 0 Å². The maximum atomic E-state index is 13.3. The number of carbonyl (C=O) groups is 1. The molecule has 0 spiro atoms. The van der Waals surface area contributed by atoms with Gasteiger partial charge in [0.25, 0.3) is 0 Å². The number of hydrogen-bond donors (Lipinski definition) is 3. The van der Waals surface area contributed by atoms with Gasteiger partial charge >= 0.3 is 5.97 Å². The minimum absolute atomic E-state index is 0.237. The van der Waals surface area contributed by atoms with Crippen LogP contribution in [0.2, 0.25) is 5.02 Å². The predicted molar refractivity (Wildman–Crippen MR) is 64.9 cm³/mol. The molecule has 0 aliphatic carbocycles. The average Bonchev–Trinajstić information content (AvgIpc) is 2.25. The van der Waals surface area contributed by atoms with E-state index in [-0.39, 0.29) is 12.2 Å². The minimum Gasteiger partial charge on any atom is -0.480 e. The van der Waals surface area contributed by atoms with Gasteiger partial charge in [0.2, 0.25) is 0 Å². The molecule has 1 atom stereocenters. The van der Waals surface area contributed by atoms with Crippen molar-refractivity contribution < 1.29 is 14.3 Å². The zero-order valence-corrected chi connectivity index (χ0v) is 10.1. The molecule has 1 aromatic rings. The third-order valence-electron chi connectivity index (χ3n) is 2.34. The van der Waals surface area contributed by atoms with Gasteiger partial charge in [-0.25, -0.2) is 4.39 Å². The number of aryl methyl sites for hydroxylation is 1. The van der Waals surface area contributed by atoms with E-state index < -0.39 is 12.0 Å². The first kappa shape index (κ1) is 13.7. The third-order valence-corrected chi connectivity index (χ3v) is 2.65. The Balaban J connectivity index is 2.58. The second-order valence-corrected chi connectivity index (χ2v) is 4.15. The molecular weight excluding hydrogens is 247 g/mol. The lowest BCUT2D eigenvalue weighted by Gasteiger charge is -2.11. The van der Waals surface area contributed by atoms with Gasteiger partial charge in [-0.1, -0.05) is 11.6 Å².